The summed E-state index contributed by atoms with van der Waals surface area (Å²) in [4.78, 5) is 14.3. The molecule has 18 heavy (non-hydrogen) atoms. The Morgan fingerprint density at radius 1 is 1.72 bits per heavy atom. The summed E-state index contributed by atoms with van der Waals surface area (Å²) < 4.78 is 5.37. The van der Waals surface area contributed by atoms with Crippen LogP contribution in [0.2, 0.25) is 0 Å². The SMILES string of the molecule is CC1OCCC1Nc1ncc(C#N)cc1[N+](=O)[O-]. The van der Waals surface area contributed by atoms with Crippen molar-refractivity contribution >= 4 is 11.5 Å². The molecule has 2 heterocycles. The van der Waals surface area contributed by atoms with Crippen LogP contribution in [0.1, 0.15) is 18.9 Å². The first kappa shape index (κ1) is 12.3. The standard InChI is InChI=1S/C11H12N4O3/c1-7-9(2-3-18-7)14-11-10(15(16)17)4-8(5-12)6-13-11/h4,6-7,9H,2-3H2,1H3,(H,13,14). The molecule has 1 aliphatic heterocycles. The maximum Gasteiger partial charge on any atom is 0.312 e. The summed E-state index contributed by atoms with van der Waals surface area (Å²) in [6.45, 7) is 2.53. The summed E-state index contributed by atoms with van der Waals surface area (Å²) in [6, 6.07) is 3.05. The number of nitro groups is 1. The topological polar surface area (TPSA) is 101 Å². The summed E-state index contributed by atoms with van der Waals surface area (Å²) in [5, 5.41) is 22.6. The van der Waals surface area contributed by atoms with Gasteiger partial charge in [-0.1, -0.05) is 0 Å². The third kappa shape index (κ3) is 2.38. The average Bonchev–Trinajstić information content (AvgIpc) is 2.75. The summed E-state index contributed by atoms with van der Waals surface area (Å²) in [5.74, 6) is 0.182. The molecule has 7 heteroatoms. The molecule has 1 N–H and O–H groups in total. The normalized spacial score (nSPS) is 22.4. The number of hydrogen-bond donors (Lipinski definition) is 1. The predicted molar refractivity (Wildman–Crippen MR) is 63.0 cm³/mol. The van der Waals surface area contributed by atoms with E-state index in [2.05, 4.69) is 10.3 Å². The molecule has 0 aromatic carbocycles. The zero-order chi connectivity index (χ0) is 13.1. The Morgan fingerprint density at radius 3 is 3.06 bits per heavy atom. The number of rotatable bonds is 3. The van der Waals surface area contributed by atoms with Gasteiger partial charge in [0.25, 0.3) is 0 Å². The van der Waals surface area contributed by atoms with Crippen LogP contribution < -0.4 is 5.32 Å². The van der Waals surface area contributed by atoms with Crippen molar-refractivity contribution < 1.29 is 9.66 Å². The molecular weight excluding hydrogens is 236 g/mol. The van der Waals surface area contributed by atoms with Crippen molar-refractivity contribution in [1.29, 1.82) is 5.26 Å². The molecule has 2 unspecified atom stereocenters. The van der Waals surface area contributed by atoms with E-state index in [-0.39, 0.29) is 29.2 Å². The van der Waals surface area contributed by atoms with Gasteiger partial charge in [0.05, 0.1) is 22.6 Å². The fourth-order valence-corrected chi connectivity index (χ4v) is 1.86. The van der Waals surface area contributed by atoms with Gasteiger partial charge in [-0.3, -0.25) is 10.1 Å². The fraction of sp³-hybridized carbons (Fsp3) is 0.455. The second-order valence-corrected chi connectivity index (χ2v) is 4.08. The Morgan fingerprint density at radius 2 is 2.50 bits per heavy atom. The molecular formula is C11H12N4O3. The Kier molecular flexibility index (Phi) is 3.39. The van der Waals surface area contributed by atoms with Gasteiger partial charge in [0, 0.05) is 18.9 Å². The first-order chi connectivity index (χ1) is 8.61. The van der Waals surface area contributed by atoms with Crippen LogP contribution in [-0.4, -0.2) is 28.7 Å². The summed E-state index contributed by atoms with van der Waals surface area (Å²) in [5.41, 5.74) is -0.0175. The Hall–Kier alpha value is -2.20. The van der Waals surface area contributed by atoms with Crippen molar-refractivity contribution in [2.24, 2.45) is 0 Å². The molecule has 7 nitrogen and oxygen atoms in total. The lowest BCUT2D eigenvalue weighted by atomic mass is 10.1. The van der Waals surface area contributed by atoms with E-state index in [1.165, 1.54) is 12.3 Å². The lowest BCUT2D eigenvalue weighted by molar-refractivity contribution is -0.384. The van der Waals surface area contributed by atoms with E-state index >= 15 is 0 Å². The molecule has 0 radical (unpaired) electrons. The van der Waals surface area contributed by atoms with Gasteiger partial charge >= 0.3 is 5.69 Å². The van der Waals surface area contributed by atoms with Crippen molar-refractivity contribution in [1.82, 2.24) is 4.98 Å². The number of aromatic nitrogens is 1. The van der Waals surface area contributed by atoms with E-state index in [4.69, 9.17) is 10.00 Å². The van der Waals surface area contributed by atoms with Crippen LogP contribution in [0.15, 0.2) is 12.3 Å². The highest BCUT2D eigenvalue weighted by atomic mass is 16.6. The molecule has 1 fully saturated rings. The van der Waals surface area contributed by atoms with Gasteiger partial charge in [0.15, 0.2) is 0 Å². The molecule has 0 spiro atoms. The van der Waals surface area contributed by atoms with E-state index < -0.39 is 4.92 Å². The largest absolute Gasteiger partial charge is 0.376 e. The second-order valence-electron chi connectivity index (χ2n) is 4.08. The first-order valence-electron chi connectivity index (χ1n) is 5.54. The van der Waals surface area contributed by atoms with Crippen molar-refractivity contribution in [3.63, 3.8) is 0 Å². The number of hydrogen-bond acceptors (Lipinski definition) is 6. The van der Waals surface area contributed by atoms with Crippen LogP contribution >= 0.6 is 0 Å². The monoisotopic (exact) mass is 248 g/mol. The number of nitrogens with zero attached hydrogens (tertiary/aromatic N) is 3. The van der Waals surface area contributed by atoms with Crippen LogP contribution in [0.5, 0.6) is 0 Å². The predicted octanol–water partition coefficient (Wildman–Crippen LogP) is 1.45. The maximum atomic E-state index is 10.9. The van der Waals surface area contributed by atoms with Crippen LogP contribution in [0.25, 0.3) is 0 Å². The molecule has 0 bridgehead atoms. The molecule has 1 aromatic rings. The number of anilines is 1. The van der Waals surface area contributed by atoms with Crippen LogP contribution in [-0.2, 0) is 4.74 Å². The second kappa shape index (κ2) is 4.98. The average molecular weight is 248 g/mol. The Bertz CT molecular complexity index is 512. The Labute approximate surface area is 104 Å². The van der Waals surface area contributed by atoms with Gasteiger partial charge in [0.1, 0.15) is 6.07 Å². The van der Waals surface area contributed by atoms with Crippen molar-refractivity contribution in [3.8, 4) is 6.07 Å². The number of pyridine rings is 1. The van der Waals surface area contributed by atoms with Crippen LogP contribution in [0, 0.1) is 21.4 Å². The molecule has 1 aliphatic rings. The smallest absolute Gasteiger partial charge is 0.312 e. The van der Waals surface area contributed by atoms with E-state index in [1.807, 2.05) is 13.0 Å². The molecule has 94 valence electrons. The first-order valence-corrected chi connectivity index (χ1v) is 5.54. The molecule has 1 aromatic heterocycles. The molecule has 2 rings (SSSR count). The van der Waals surface area contributed by atoms with Gasteiger partial charge in [-0.25, -0.2) is 4.98 Å². The van der Waals surface area contributed by atoms with Crippen molar-refractivity contribution in [3.05, 3.63) is 27.9 Å². The fourth-order valence-electron chi connectivity index (χ4n) is 1.86. The quantitative estimate of drug-likeness (QED) is 0.641. The van der Waals surface area contributed by atoms with Gasteiger partial charge < -0.3 is 10.1 Å². The van der Waals surface area contributed by atoms with Crippen molar-refractivity contribution in [2.45, 2.75) is 25.5 Å². The lowest BCUT2D eigenvalue weighted by Gasteiger charge is -2.16. The minimum Gasteiger partial charge on any atom is -0.376 e. The van der Waals surface area contributed by atoms with Crippen LogP contribution in [0.3, 0.4) is 0 Å². The van der Waals surface area contributed by atoms with Crippen LogP contribution in [0.4, 0.5) is 11.5 Å². The molecule has 1 saturated heterocycles. The zero-order valence-corrected chi connectivity index (χ0v) is 9.79. The minimum absolute atomic E-state index is 0.00383. The molecule has 0 aliphatic carbocycles. The third-order valence-electron chi connectivity index (χ3n) is 2.89. The van der Waals surface area contributed by atoms with E-state index in [1.54, 1.807) is 0 Å². The van der Waals surface area contributed by atoms with Gasteiger partial charge in [0.2, 0.25) is 5.82 Å². The lowest BCUT2D eigenvalue weighted by Crippen LogP contribution is -2.27. The van der Waals surface area contributed by atoms with Crippen molar-refractivity contribution in [2.75, 3.05) is 11.9 Å². The zero-order valence-electron chi connectivity index (χ0n) is 9.79. The highest BCUT2D eigenvalue weighted by molar-refractivity contribution is 5.58. The third-order valence-corrected chi connectivity index (χ3v) is 2.89. The van der Waals surface area contributed by atoms with E-state index in [0.29, 0.717) is 6.61 Å². The number of nitrogens with one attached hydrogen (secondary N) is 1. The molecule has 0 saturated carbocycles. The highest BCUT2D eigenvalue weighted by Crippen LogP contribution is 2.26. The van der Waals surface area contributed by atoms with Gasteiger partial charge in [-0.05, 0) is 13.3 Å². The number of nitriles is 1. The van der Waals surface area contributed by atoms with Gasteiger partial charge in [-0.2, -0.15) is 5.26 Å². The summed E-state index contributed by atoms with van der Waals surface area (Å²) in [7, 11) is 0. The maximum absolute atomic E-state index is 10.9. The summed E-state index contributed by atoms with van der Waals surface area (Å²) >= 11 is 0. The summed E-state index contributed by atoms with van der Waals surface area (Å²) in [6.07, 6.45) is 2.08. The van der Waals surface area contributed by atoms with E-state index in [0.717, 1.165) is 6.42 Å². The Balaban J connectivity index is 2.27. The molecule has 2 atom stereocenters. The minimum atomic E-state index is -0.545. The van der Waals surface area contributed by atoms with E-state index in [9.17, 15) is 10.1 Å². The number of ether oxygens (including phenoxy) is 1. The van der Waals surface area contributed by atoms with Gasteiger partial charge in [-0.15, -0.1) is 0 Å². The molecule has 0 amide bonds. The highest BCUT2D eigenvalue weighted by Gasteiger charge is 2.27.